The number of benzene rings is 2. The third kappa shape index (κ3) is 2.83. The van der Waals surface area contributed by atoms with Gasteiger partial charge in [-0.05, 0) is 23.8 Å². The van der Waals surface area contributed by atoms with Gasteiger partial charge in [-0.15, -0.1) is 0 Å². The number of rotatable bonds is 3. The van der Waals surface area contributed by atoms with Gasteiger partial charge in [-0.25, -0.2) is 0 Å². The Morgan fingerprint density at radius 1 is 1.16 bits per heavy atom. The van der Waals surface area contributed by atoms with Crippen LogP contribution in [-0.2, 0) is 6.54 Å². The van der Waals surface area contributed by atoms with Crippen LogP contribution < -0.4 is 11.1 Å². The Morgan fingerprint density at radius 2 is 1.89 bits per heavy atom. The number of carbonyl (C=O) groups is 1. The maximum absolute atomic E-state index is 12.0. The molecule has 0 saturated heterocycles. The van der Waals surface area contributed by atoms with E-state index in [-0.39, 0.29) is 17.1 Å². The molecule has 5 nitrogen and oxygen atoms in total. The summed E-state index contributed by atoms with van der Waals surface area (Å²) in [5.41, 5.74) is 7.07. The molecule has 0 spiro atoms. The molecule has 98 valence electrons. The molecular formula is C14H14N2O3. The average molecular weight is 258 g/mol. The third-order valence-electron chi connectivity index (χ3n) is 2.71. The van der Waals surface area contributed by atoms with Gasteiger partial charge in [0.2, 0.25) is 0 Å². The van der Waals surface area contributed by atoms with E-state index in [2.05, 4.69) is 5.32 Å². The van der Waals surface area contributed by atoms with E-state index in [1.807, 2.05) is 12.1 Å². The first-order chi connectivity index (χ1) is 9.11. The van der Waals surface area contributed by atoms with E-state index in [4.69, 9.17) is 5.73 Å². The summed E-state index contributed by atoms with van der Waals surface area (Å²) in [5.74, 6) is -0.836. The van der Waals surface area contributed by atoms with Crippen LogP contribution in [0.15, 0.2) is 42.5 Å². The molecule has 0 aliphatic carbocycles. The molecule has 5 N–H and O–H groups in total. The van der Waals surface area contributed by atoms with Crippen LogP contribution in [0.3, 0.4) is 0 Å². The van der Waals surface area contributed by atoms with Gasteiger partial charge in [0.1, 0.15) is 11.5 Å². The van der Waals surface area contributed by atoms with Crippen LogP contribution in [0.5, 0.6) is 11.5 Å². The number of nitrogens with two attached hydrogens (primary N) is 1. The van der Waals surface area contributed by atoms with Gasteiger partial charge in [0.15, 0.2) is 0 Å². The molecule has 0 aliphatic heterocycles. The van der Waals surface area contributed by atoms with Gasteiger partial charge in [0, 0.05) is 18.3 Å². The van der Waals surface area contributed by atoms with Crippen molar-refractivity contribution in [1.29, 1.82) is 0 Å². The maximum Gasteiger partial charge on any atom is 0.259 e. The highest BCUT2D eigenvalue weighted by Gasteiger charge is 2.13. The van der Waals surface area contributed by atoms with Crippen LogP contribution in [0.1, 0.15) is 15.9 Å². The summed E-state index contributed by atoms with van der Waals surface area (Å²) in [5, 5.41) is 21.5. The Hall–Kier alpha value is -2.53. The Morgan fingerprint density at radius 3 is 2.58 bits per heavy atom. The zero-order valence-electron chi connectivity index (χ0n) is 10.1. The summed E-state index contributed by atoms with van der Waals surface area (Å²) in [4.78, 5) is 12.0. The predicted molar refractivity (Wildman–Crippen MR) is 72.1 cm³/mol. The lowest BCUT2D eigenvalue weighted by atomic mass is 10.1. The highest BCUT2D eigenvalue weighted by Crippen LogP contribution is 2.24. The summed E-state index contributed by atoms with van der Waals surface area (Å²) >= 11 is 0. The molecule has 0 radical (unpaired) electrons. The fourth-order valence-corrected chi connectivity index (χ4v) is 1.72. The first-order valence-electron chi connectivity index (χ1n) is 5.73. The molecule has 5 heteroatoms. The summed E-state index contributed by atoms with van der Waals surface area (Å²) in [6, 6.07) is 11.0. The number of phenols is 2. The monoisotopic (exact) mass is 258 g/mol. The standard InChI is InChI=1S/C14H14N2O3/c15-8-9-3-1-2-4-12(9)16-14(19)11-6-5-10(17)7-13(11)18/h1-7,17-18H,8,15H2,(H,16,19). The zero-order valence-corrected chi connectivity index (χ0v) is 10.1. The number of hydrogen-bond donors (Lipinski definition) is 4. The van der Waals surface area contributed by atoms with Gasteiger partial charge < -0.3 is 21.3 Å². The van der Waals surface area contributed by atoms with Crippen molar-refractivity contribution in [3.63, 3.8) is 0 Å². The molecule has 19 heavy (non-hydrogen) atoms. The Kier molecular flexibility index (Phi) is 3.68. The number of hydrogen-bond acceptors (Lipinski definition) is 4. The number of amides is 1. The highest BCUT2D eigenvalue weighted by atomic mass is 16.3. The number of carbonyl (C=O) groups excluding carboxylic acids is 1. The lowest BCUT2D eigenvalue weighted by Crippen LogP contribution is -2.14. The highest BCUT2D eigenvalue weighted by molar-refractivity contribution is 6.06. The Labute approximate surface area is 110 Å². The van der Waals surface area contributed by atoms with Crippen molar-refractivity contribution in [2.45, 2.75) is 6.54 Å². The van der Waals surface area contributed by atoms with E-state index in [1.165, 1.54) is 12.1 Å². The van der Waals surface area contributed by atoms with Gasteiger partial charge in [0.05, 0.1) is 5.56 Å². The van der Waals surface area contributed by atoms with Crippen LogP contribution in [0.4, 0.5) is 5.69 Å². The topological polar surface area (TPSA) is 95.6 Å². The van der Waals surface area contributed by atoms with Crippen molar-refractivity contribution in [1.82, 2.24) is 0 Å². The minimum Gasteiger partial charge on any atom is -0.508 e. The second kappa shape index (κ2) is 5.41. The van der Waals surface area contributed by atoms with Crippen molar-refractivity contribution in [2.24, 2.45) is 5.73 Å². The second-order valence-electron chi connectivity index (χ2n) is 4.02. The fourth-order valence-electron chi connectivity index (χ4n) is 1.72. The quantitative estimate of drug-likeness (QED) is 0.675. The molecule has 0 fully saturated rings. The summed E-state index contributed by atoms with van der Waals surface area (Å²) in [6.07, 6.45) is 0. The smallest absolute Gasteiger partial charge is 0.259 e. The van der Waals surface area contributed by atoms with E-state index >= 15 is 0 Å². The largest absolute Gasteiger partial charge is 0.508 e. The molecular weight excluding hydrogens is 244 g/mol. The molecule has 0 atom stereocenters. The molecule has 0 heterocycles. The summed E-state index contributed by atoms with van der Waals surface area (Å²) < 4.78 is 0. The molecule has 1 amide bonds. The van der Waals surface area contributed by atoms with Crippen molar-refractivity contribution in [3.05, 3.63) is 53.6 Å². The Balaban J connectivity index is 2.26. The van der Waals surface area contributed by atoms with Gasteiger partial charge in [0.25, 0.3) is 5.91 Å². The molecule has 0 aliphatic rings. The Bertz CT molecular complexity index is 611. The fraction of sp³-hybridized carbons (Fsp3) is 0.0714. The number of nitrogens with one attached hydrogen (secondary N) is 1. The summed E-state index contributed by atoms with van der Waals surface area (Å²) in [6.45, 7) is 0.304. The first-order valence-corrected chi connectivity index (χ1v) is 5.73. The van der Waals surface area contributed by atoms with Gasteiger partial charge in [-0.1, -0.05) is 18.2 Å². The number of para-hydroxylation sites is 1. The van der Waals surface area contributed by atoms with Gasteiger partial charge in [-0.2, -0.15) is 0 Å². The van der Waals surface area contributed by atoms with E-state index in [9.17, 15) is 15.0 Å². The van der Waals surface area contributed by atoms with Crippen molar-refractivity contribution >= 4 is 11.6 Å². The van der Waals surface area contributed by atoms with Crippen molar-refractivity contribution in [3.8, 4) is 11.5 Å². The third-order valence-corrected chi connectivity index (χ3v) is 2.71. The van der Waals surface area contributed by atoms with Crippen LogP contribution in [0.25, 0.3) is 0 Å². The molecule has 2 aromatic carbocycles. The SMILES string of the molecule is NCc1ccccc1NC(=O)c1ccc(O)cc1O. The number of anilines is 1. The van der Waals surface area contributed by atoms with Gasteiger partial charge in [-0.3, -0.25) is 4.79 Å². The first kappa shape index (κ1) is 12.9. The zero-order chi connectivity index (χ0) is 13.8. The van der Waals surface area contributed by atoms with Crippen molar-refractivity contribution in [2.75, 3.05) is 5.32 Å². The maximum atomic E-state index is 12.0. The van der Waals surface area contributed by atoms with Crippen LogP contribution in [0.2, 0.25) is 0 Å². The molecule has 0 bridgehead atoms. The molecule has 2 aromatic rings. The molecule has 0 saturated carbocycles. The van der Waals surface area contributed by atoms with E-state index in [0.717, 1.165) is 11.6 Å². The number of aromatic hydroxyl groups is 2. The lowest BCUT2D eigenvalue weighted by Gasteiger charge is -2.10. The van der Waals surface area contributed by atoms with Crippen LogP contribution in [-0.4, -0.2) is 16.1 Å². The molecule has 2 rings (SSSR count). The second-order valence-corrected chi connectivity index (χ2v) is 4.02. The predicted octanol–water partition coefficient (Wildman–Crippen LogP) is 1.81. The average Bonchev–Trinajstić information content (AvgIpc) is 2.39. The summed E-state index contributed by atoms with van der Waals surface area (Å²) in [7, 11) is 0. The van der Waals surface area contributed by atoms with E-state index < -0.39 is 5.91 Å². The minimum atomic E-state index is -0.460. The van der Waals surface area contributed by atoms with Crippen molar-refractivity contribution < 1.29 is 15.0 Å². The van der Waals surface area contributed by atoms with Crippen LogP contribution in [0, 0.1) is 0 Å². The normalized spacial score (nSPS) is 10.2. The van der Waals surface area contributed by atoms with E-state index in [0.29, 0.717) is 12.2 Å². The van der Waals surface area contributed by atoms with E-state index in [1.54, 1.807) is 12.1 Å². The molecule has 0 unspecified atom stereocenters. The number of phenolic OH excluding ortho intramolecular Hbond substituents is 2. The minimum absolute atomic E-state index is 0.0876. The molecule has 0 aromatic heterocycles. The van der Waals surface area contributed by atoms with Crippen LogP contribution >= 0.6 is 0 Å². The van der Waals surface area contributed by atoms with Gasteiger partial charge >= 0.3 is 0 Å². The lowest BCUT2D eigenvalue weighted by molar-refractivity contribution is 0.102.